The molecule has 5 heteroatoms. The molecule has 3 unspecified atom stereocenters. The lowest BCUT2D eigenvalue weighted by Gasteiger charge is -2.29. The second kappa shape index (κ2) is 6.02. The van der Waals surface area contributed by atoms with Crippen LogP contribution in [-0.2, 0) is 4.79 Å². The van der Waals surface area contributed by atoms with Crippen molar-refractivity contribution < 1.29 is 14.7 Å². The van der Waals surface area contributed by atoms with Crippen LogP contribution in [0.1, 0.15) is 52.4 Å². The Bertz CT molecular complexity index is 381. The van der Waals surface area contributed by atoms with Gasteiger partial charge in [-0.1, -0.05) is 19.8 Å². The van der Waals surface area contributed by atoms with Gasteiger partial charge in [0.2, 0.25) is 0 Å². The molecule has 0 aliphatic heterocycles. The van der Waals surface area contributed by atoms with Crippen molar-refractivity contribution in [3.63, 3.8) is 0 Å². The lowest BCUT2D eigenvalue weighted by Crippen LogP contribution is -2.57. The second-order valence-electron chi connectivity index (χ2n) is 6.75. The van der Waals surface area contributed by atoms with Crippen molar-refractivity contribution in [1.29, 1.82) is 0 Å². The molecule has 114 valence electrons. The van der Waals surface area contributed by atoms with Crippen molar-refractivity contribution in [3.8, 4) is 0 Å². The van der Waals surface area contributed by atoms with Crippen LogP contribution in [0.5, 0.6) is 0 Å². The Balaban J connectivity index is 1.78. The third-order valence-corrected chi connectivity index (χ3v) is 4.81. The number of carboxylic acids is 1. The van der Waals surface area contributed by atoms with Crippen LogP contribution in [0, 0.1) is 17.8 Å². The lowest BCUT2D eigenvalue weighted by molar-refractivity contribution is -0.144. The molecule has 0 saturated heterocycles. The first-order valence-electron chi connectivity index (χ1n) is 7.71. The summed E-state index contributed by atoms with van der Waals surface area (Å²) in [7, 11) is 0. The number of aliphatic carboxylic acids is 1. The summed E-state index contributed by atoms with van der Waals surface area (Å²) in [5.74, 6) is 0.387. The molecule has 0 spiro atoms. The number of amides is 2. The fraction of sp³-hybridized carbons (Fsp3) is 0.867. The Morgan fingerprint density at radius 1 is 1.25 bits per heavy atom. The molecule has 0 bridgehead atoms. The monoisotopic (exact) mass is 282 g/mol. The van der Waals surface area contributed by atoms with Crippen LogP contribution in [0.25, 0.3) is 0 Å². The van der Waals surface area contributed by atoms with Crippen LogP contribution in [0.4, 0.5) is 4.79 Å². The van der Waals surface area contributed by atoms with Crippen LogP contribution in [-0.4, -0.2) is 29.2 Å². The van der Waals surface area contributed by atoms with Gasteiger partial charge in [0.05, 0.1) is 0 Å². The quantitative estimate of drug-likeness (QED) is 0.724. The molecule has 5 nitrogen and oxygen atoms in total. The molecule has 2 rings (SSSR count). The van der Waals surface area contributed by atoms with Crippen LogP contribution in [0.3, 0.4) is 0 Å². The molecule has 0 aromatic rings. The smallest absolute Gasteiger partial charge is 0.329 e. The van der Waals surface area contributed by atoms with E-state index in [9.17, 15) is 14.7 Å². The standard InChI is InChI=1S/C15H26N2O3/c1-10-4-3-5-11(8-10)9-16-14(20)17-15(2,13(18)19)12-6-7-12/h10-12H,3-9H2,1-2H3,(H,18,19)(H2,16,17,20). The van der Waals surface area contributed by atoms with Crippen LogP contribution >= 0.6 is 0 Å². The Kier molecular flexibility index (Phi) is 4.55. The number of urea groups is 1. The van der Waals surface area contributed by atoms with Gasteiger partial charge in [-0.2, -0.15) is 0 Å². The molecule has 2 aliphatic rings. The number of hydrogen-bond donors (Lipinski definition) is 3. The summed E-state index contributed by atoms with van der Waals surface area (Å²) in [6, 6.07) is -0.347. The fourth-order valence-electron chi connectivity index (χ4n) is 3.25. The van der Waals surface area contributed by atoms with E-state index in [-0.39, 0.29) is 11.9 Å². The van der Waals surface area contributed by atoms with E-state index in [0.717, 1.165) is 31.6 Å². The predicted octanol–water partition coefficient (Wildman–Crippen LogP) is 2.37. The molecular formula is C15H26N2O3. The Morgan fingerprint density at radius 2 is 1.95 bits per heavy atom. The minimum Gasteiger partial charge on any atom is -0.480 e. The SMILES string of the molecule is CC1CCCC(CNC(=O)NC(C)(C(=O)O)C2CC2)C1. The molecule has 0 aromatic heterocycles. The van der Waals surface area contributed by atoms with Crippen molar-refractivity contribution >= 4 is 12.0 Å². The Labute approximate surface area is 120 Å². The first kappa shape index (κ1) is 15.1. The molecular weight excluding hydrogens is 256 g/mol. The van der Waals surface area contributed by atoms with Gasteiger partial charge in [0, 0.05) is 6.54 Å². The highest BCUT2D eigenvalue weighted by Gasteiger charge is 2.48. The summed E-state index contributed by atoms with van der Waals surface area (Å²) in [4.78, 5) is 23.3. The average molecular weight is 282 g/mol. The van der Waals surface area contributed by atoms with E-state index in [2.05, 4.69) is 17.6 Å². The van der Waals surface area contributed by atoms with E-state index in [4.69, 9.17) is 0 Å². The second-order valence-corrected chi connectivity index (χ2v) is 6.75. The van der Waals surface area contributed by atoms with Crippen LogP contribution in [0.2, 0.25) is 0 Å². The number of carboxylic acid groups (broad SMARTS) is 1. The normalized spacial score (nSPS) is 29.3. The molecule has 20 heavy (non-hydrogen) atoms. The highest BCUT2D eigenvalue weighted by molar-refractivity contribution is 5.86. The number of hydrogen-bond acceptors (Lipinski definition) is 2. The zero-order chi connectivity index (χ0) is 14.8. The highest BCUT2D eigenvalue weighted by atomic mass is 16.4. The summed E-state index contributed by atoms with van der Waals surface area (Å²) in [6.45, 7) is 4.51. The molecule has 3 N–H and O–H groups in total. The van der Waals surface area contributed by atoms with Crippen molar-refractivity contribution in [2.24, 2.45) is 17.8 Å². The molecule has 2 amide bonds. The Hall–Kier alpha value is -1.26. The van der Waals surface area contributed by atoms with Gasteiger partial charge in [0.25, 0.3) is 0 Å². The van der Waals surface area contributed by atoms with Gasteiger partial charge in [-0.3, -0.25) is 0 Å². The van der Waals surface area contributed by atoms with Crippen molar-refractivity contribution in [3.05, 3.63) is 0 Å². The van der Waals surface area contributed by atoms with Crippen molar-refractivity contribution in [2.45, 2.75) is 57.9 Å². The summed E-state index contributed by atoms with van der Waals surface area (Å²) in [5.41, 5.74) is -1.12. The highest BCUT2D eigenvalue weighted by Crippen LogP contribution is 2.39. The predicted molar refractivity (Wildman–Crippen MR) is 76.4 cm³/mol. The van der Waals surface area contributed by atoms with Crippen LogP contribution in [0.15, 0.2) is 0 Å². The molecule has 2 saturated carbocycles. The topological polar surface area (TPSA) is 78.4 Å². The zero-order valence-electron chi connectivity index (χ0n) is 12.4. The molecule has 3 atom stereocenters. The number of carbonyl (C=O) groups excluding carboxylic acids is 1. The van der Waals surface area contributed by atoms with Gasteiger partial charge < -0.3 is 15.7 Å². The number of carbonyl (C=O) groups is 2. The van der Waals surface area contributed by atoms with E-state index in [1.807, 2.05) is 0 Å². The van der Waals surface area contributed by atoms with Gasteiger partial charge in [-0.15, -0.1) is 0 Å². The maximum atomic E-state index is 11.9. The largest absolute Gasteiger partial charge is 0.480 e. The maximum absolute atomic E-state index is 11.9. The summed E-state index contributed by atoms with van der Waals surface area (Å²) in [6.07, 6.45) is 6.57. The lowest BCUT2D eigenvalue weighted by atomic mass is 9.82. The minimum atomic E-state index is -1.12. The van der Waals surface area contributed by atoms with Gasteiger partial charge in [0.1, 0.15) is 5.54 Å². The summed E-state index contributed by atoms with van der Waals surface area (Å²) >= 11 is 0. The first-order valence-corrected chi connectivity index (χ1v) is 7.71. The molecule has 0 heterocycles. The first-order chi connectivity index (χ1) is 9.41. The van der Waals surface area contributed by atoms with E-state index in [1.54, 1.807) is 6.92 Å². The summed E-state index contributed by atoms with van der Waals surface area (Å²) < 4.78 is 0. The summed E-state index contributed by atoms with van der Waals surface area (Å²) in [5, 5.41) is 14.8. The molecule has 0 radical (unpaired) electrons. The van der Waals surface area contributed by atoms with Crippen molar-refractivity contribution in [1.82, 2.24) is 10.6 Å². The molecule has 2 fully saturated rings. The van der Waals surface area contributed by atoms with E-state index < -0.39 is 11.5 Å². The van der Waals surface area contributed by atoms with E-state index >= 15 is 0 Å². The minimum absolute atomic E-state index is 0.0699. The van der Waals surface area contributed by atoms with E-state index in [1.165, 1.54) is 12.8 Å². The van der Waals surface area contributed by atoms with Gasteiger partial charge in [0.15, 0.2) is 0 Å². The fourth-order valence-corrected chi connectivity index (χ4v) is 3.25. The third kappa shape index (κ3) is 3.64. The average Bonchev–Trinajstić information content (AvgIpc) is 3.20. The number of nitrogens with one attached hydrogen (secondary N) is 2. The third-order valence-electron chi connectivity index (χ3n) is 4.81. The zero-order valence-corrected chi connectivity index (χ0v) is 12.4. The van der Waals surface area contributed by atoms with E-state index in [0.29, 0.717) is 12.5 Å². The molecule has 0 aromatic carbocycles. The molecule has 2 aliphatic carbocycles. The van der Waals surface area contributed by atoms with Gasteiger partial charge in [-0.05, 0) is 50.4 Å². The van der Waals surface area contributed by atoms with Gasteiger partial charge >= 0.3 is 12.0 Å². The van der Waals surface area contributed by atoms with Crippen molar-refractivity contribution in [2.75, 3.05) is 6.54 Å². The van der Waals surface area contributed by atoms with Gasteiger partial charge in [-0.25, -0.2) is 9.59 Å². The number of rotatable bonds is 5. The van der Waals surface area contributed by atoms with Crippen LogP contribution < -0.4 is 10.6 Å². The maximum Gasteiger partial charge on any atom is 0.329 e. The Morgan fingerprint density at radius 3 is 2.50 bits per heavy atom.